The molecule has 1 aliphatic rings. The van der Waals surface area contributed by atoms with Crippen molar-refractivity contribution in [3.63, 3.8) is 0 Å². The number of halogens is 1. The third-order valence-electron chi connectivity index (χ3n) is 4.10. The fourth-order valence-corrected chi connectivity index (χ4v) is 3.27. The van der Waals surface area contributed by atoms with Gasteiger partial charge in [-0.05, 0) is 60.8 Å². The number of non-ortho nitro benzene ring substituents is 1. The van der Waals surface area contributed by atoms with Crippen molar-refractivity contribution in [1.82, 2.24) is 10.2 Å². The van der Waals surface area contributed by atoms with E-state index in [2.05, 4.69) is 21.2 Å². The quantitative estimate of drug-likeness (QED) is 0.639. The lowest BCUT2D eigenvalue weighted by Crippen LogP contribution is -2.39. The van der Waals surface area contributed by atoms with E-state index in [0.29, 0.717) is 16.0 Å². The zero-order chi connectivity index (χ0) is 16.1. The molecule has 22 heavy (non-hydrogen) atoms. The molecule has 6 nitrogen and oxygen atoms in total. The fraction of sp³-hybridized carbons (Fsp3) is 0.533. The first-order chi connectivity index (χ1) is 10.5. The van der Waals surface area contributed by atoms with Crippen LogP contribution in [0.1, 0.15) is 29.6 Å². The molecule has 0 bridgehead atoms. The predicted molar refractivity (Wildman–Crippen MR) is 88.0 cm³/mol. The van der Waals surface area contributed by atoms with Crippen LogP contribution < -0.4 is 5.32 Å². The van der Waals surface area contributed by atoms with Gasteiger partial charge >= 0.3 is 0 Å². The Kier molecular flexibility index (Phi) is 5.90. The summed E-state index contributed by atoms with van der Waals surface area (Å²) in [4.78, 5) is 24.6. The zero-order valence-electron chi connectivity index (χ0n) is 12.5. The van der Waals surface area contributed by atoms with Gasteiger partial charge in [0.25, 0.3) is 11.6 Å². The molecule has 0 aromatic heterocycles. The second-order valence-electron chi connectivity index (χ2n) is 5.55. The molecule has 1 heterocycles. The molecular weight excluding hydrogens is 350 g/mol. The number of piperidine rings is 1. The maximum atomic E-state index is 12.5. The summed E-state index contributed by atoms with van der Waals surface area (Å²) in [6.45, 7) is 2.50. The van der Waals surface area contributed by atoms with E-state index in [1.165, 1.54) is 18.2 Å². The molecule has 1 aromatic carbocycles. The van der Waals surface area contributed by atoms with E-state index in [4.69, 9.17) is 0 Å². The van der Waals surface area contributed by atoms with Gasteiger partial charge in [-0.15, -0.1) is 0 Å². The Hall–Kier alpha value is -1.47. The average molecular weight is 370 g/mol. The lowest BCUT2D eigenvalue weighted by molar-refractivity contribution is -0.384. The molecule has 120 valence electrons. The number of rotatable bonds is 5. The summed E-state index contributed by atoms with van der Waals surface area (Å²) < 4.78 is 0.476. The SMILES string of the molecule is CNCCC1CCN(C(=O)c2ccc([N+](=O)[O-])cc2Br)CC1. The van der Waals surface area contributed by atoms with Crippen molar-refractivity contribution in [3.05, 3.63) is 38.3 Å². The number of nitrogens with one attached hydrogen (secondary N) is 1. The molecule has 1 saturated heterocycles. The van der Waals surface area contributed by atoms with Crippen molar-refractivity contribution in [2.45, 2.75) is 19.3 Å². The van der Waals surface area contributed by atoms with Crippen LogP contribution in [0.5, 0.6) is 0 Å². The van der Waals surface area contributed by atoms with Crippen molar-refractivity contribution in [3.8, 4) is 0 Å². The van der Waals surface area contributed by atoms with Gasteiger partial charge in [-0.3, -0.25) is 14.9 Å². The highest BCUT2D eigenvalue weighted by atomic mass is 79.9. The minimum Gasteiger partial charge on any atom is -0.339 e. The largest absolute Gasteiger partial charge is 0.339 e. The molecule has 7 heteroatoms. The second kappa shape index (κ2) is 7.69. The monoisotopic (exact) mass is 369 g/mol. The third-order valence-corrected chi connectivity index (χ3v) is 4.75. The molecule has 0 spiro atoms. The van der Waals surface area contributed by atoms with E-state index in [-0.39, 0.29) is 11.6 Å². The molecule has 0 radical (unpaired) electrons. The number of nitro groups is 1. The minimum atomic E-state index is -0.466. The normalized spacial score (nSPS) is 15.8. The van der Waals surface area contributed by atoms with E-state index in [0.717, 1.165) is 38.9 Å². The number of hydrogen-bond donors (Lipinski definition) is 1. The summed E-state index contributed by atoms with van der Waals surface area (Å²) in [7, 11) is 1.95. The lowest BCUT2D eigenvalue weighted by Gasteiger charge is -2.32. The molecule has 0 atom stereocenters. The molecular formula is C15H20BrN3O3. The Morgan fingerprint density at radius 1 is 1.45 bits per heavy atom. The third kappa shape index (κ3) is 4.04. The molecule has 2 rings (SSSR count). The highest BCUT2D eigenvalue weighted by molar-refractivity contribution is 9.10. The van der Waals surface area contributed by atoms with Gasteiger partial charge in [-0.25, -0.2) is 0 Å². The van der Waals surface area contributed by atoms with Crippen LogP contribution in [0, 0.1) is 16.0 Å². The van der Waals surface area contributed by atoms with Crippen LogP contribution in [0.25, 0.3) is 0 Å². The predicted octanol–water partition coefficient (Wildman–Crippen LogP) is 2.82. The van der Waals surface area contributed by atoms with Gasteiger partial charge in [0, 0.05) is 29.7 Å². The van der Waals surface area contributed by atoms with Gasteiger partial charge in [0.15, 0.2) is 0 Å². The van der Waals surface area contributed by atoms with Gasteiger partial charge in [0.05, 0.1) is 10.5 Å². The number of amides is 1. The van der Waals surface area contributed by atoms with Crippen LogP contribution in [-0.4, -0.2) is 42.4 Å². The standard InChI is InChI=1S/C15H20BrN3O3/c1-17-7-4-11-5-8-18(9-6-11)15(20)13-3-2-12(19(21)22)10-14(13)16/h2-3,10-11,17H,4-9H2,1H3. The van der Waals surface area contributed by atoms with Gasteiger partial charge in [0.2, 0.25) is 0 Å². The van der Waals surface area contributed by atoms with E-state index in [9.17, 15) is 14.9 Å². The molecule has 1 aliphatic heterocycles. The highest BCUT2D eigenvalue weighted by Gasteiger charge is 2.25. The molecule has 1 aromatic rings. The van der Waals surface area contributed by atoms with Gasteiger partial charge in [0.1, 0.15) is 0 Å². The first kappa shape index (κ1) is 16.9. The fourth-order valence-electron chi connectivity index (χ4n) is 2.73. The second-order valence-corrected chi connectivity index (χ2v) is 6.40. The first-order valence-electron chi connectivity index (χ1n) is 7.40. The summed E-state index contributed by atoms with van der Waals surface area (Å²) in [6.07, 6.45) is 3.16. The molecule has 0 saturated carbocycles. The highest BCUT2D eigenvalue weighted by Crippen LogP contribution is 2.26. The molecule has 0 unspecified atom stereocenters. The van der Waals surface area contributed by atoms with E-state index in [1.54, 1.807) is 0 Å². The Balaban J connectivity index is 1.99. The number of carbonyl (C=O) groups is 1. The summed E-state index contributed by atoms with van der Waals surface area (Å²) in [5.41, 5.74) is 0.466. The topological polar surface area (TPSA) is 75.5 Å². The van der Waals surface area contributed by atoms with Crippen molar-refractivity contribution in [2.24, 2.45) is 5.92 Å². The van der Waals surface area contributed by atoms with Gasteiger partial charge in [-0.1, -0.05) is 0 Å². The maximum absolute atomic E-state index is 12.5. The van der Waals surface area contributed by atoms with E-state index >= 15 is 0 Å². The van der Waals surface area contributed by atoms with Crippen molar-refractivity contribution >= 4 is 27.5 Å². The first-order valence-corrected chi connectivity index (χ1v) is 8.20. The Labute approximate surface area is 138 Å². The van der Waals surface area contributed by atoms with E-state index < -0.39 is 4.92 Å². The maximum Gasteiger partial charge on any atom is 0.270 e. The molecule has 1 fully saturated rings. The van der Waals surface area contributed by atoms with E-state index in [1.807, 2.05) is 11.9 Å². The number of nitro benzene ring substituents is 1. The van der Waals surface area contributed by atoms with Crippen LogP contribution in [0.4, 0.5) is 5.69 Å². The summed E-state index contributed by atoms with van der Waals surface area (Å²) >= 11 is 3.27. The van der Waals surface area contributed by atoms with Crippen LogP contribution in [-0.2, 0) is 0 Å². The zero-order valence-corrected chi connectivity index (χ0v) is 14.1. The number of likely N-dealkylation sites (tertiary alicyclic amines) is 1. The number of hydrogen-bond acceptors (Lipinski definition) is 4. The molecule has 0 aliphatic carbocycles. The number of carbonyl (C=O) groups excluding carboxylic acids is 1. The van der Waals surface area contributed by atoms with Gasteiger partial charge < -0.3 is 10.2 Å². The number of benzene rings is 1. The summed E-state index contributed by atoms with van der Waals surface area (Å²) in [5.74, 6) is 0.602. The Morgan fingerprint density at radius 3 is 2.68 bits per heavy atom. The lowest BCUT2D eigenvalue weighted by atomic mass is 9.93. The molecule has 1 amide bonds. The van der Waals surface area contributed by atoms with Crippen LogP contribution >= 0.6 is 15.9 Å². The Morgan fingerprint density at radius 2 is 2.14 bits per heavy atom. The van der Waals surface area contributed by atoms with Gasteiger partial charge in [-0.2, -0.15) is 0 Å². The van der Waals surface area contributed by atoms with Crippen molar-refractivity contribution in [2.75, 3.05) is 26.7 Å². The van der Waals surface area contributed by atoms with Crippen molar-refractivity contribution in [1.29, 1.82) is 0 Å². The summed E-state index contributed by atoms with van der Waals surface area (Å²) in [5, 5.41) is 13.9. The average Bonchev–Trinajstić information content (AvgIpc) is 2.52. The van der Waals surface area contributed by atoms with Crippen LogP contribution in [0.3, 0.4) is 0 Å². The Bertz CT molecular complexity index is 557. The van der Waals surface area contributed by atoms with Crippen LogP contribution in [0.2, 0.25) is 0 Å². The smallest absolute Gasteiger partial charge is 0.270 e. The minimum absolute atomic E-state index is 0.0193. The van der Waals surface area contributed by atoms with Crippen LogP contribution in [0.15, 0.2) is 22.7 Å². The van der Waals surface area contributed by atoms with Crippen molar-refractivity contribution < 1.29 is 9.72 Å². The number of nitrogens with zero attached hydrogens (tertiary/aromatic N) is 2. The summed E-state index contributed by atoms with van der Waals surface area (Å²) in [6, 6.07) is 4.28. The molecule has 1 N–H and O–H groups in total.